The average molecular weight is 283 g/mol. The Kier molecular flexibility index (Phi) is 4.00. The van der Waals surface area contributed by atoms with Crippen LogP contribution in [-0.4, -0.2) is 5.91 Å². The molecular formula is C18H18FNO. The Bertz CT molecular complexity index is 605. The maximum Gasteiger partial charge on any atom is 0.224 e. The number of amides is 1. The zero-order valence-electron chi connectivity index (χ0n) is 11.8. The van der Waals surface area contributed by atoms with Gasteiger partial charge >= 0.3 is 0 Å². The van der Waals surface area contributed by atoms with Crippen LogP contribution in [0, 0.1) is 11.7 Å². The molecule has 1 aliphatic carbocycles. The molecule has 3 rings (SSSR count). The molecule has 2 aromatic carbocycles. The van der Waals surface area contributed by atoms with Gasteiger partial charge in [0.1, 0.15) is 5.82 Å². The summed E-state index contributed by atoms with van der Waals surface area (Å²) in [6, 6.07) is 16.3. The van der Waals surface area contributed by atoms with Crippen LogP contribution in [-0.2, 0) is 11.2 Å². The molecule has 2 nitrogen and oxygen atoms in total. The lowest BCUT2D eigenvalue weighted by Gasteiger charge is -2.19. The Hall–Kier alpha value is -2.16. The van der Waals surface area contributed by atoms with Crippen molar-refractivity contribution >= 4 is 5.91 Å². The van der Waals surface area contributed by atoms with E-state index in [1.165, 1.54) is 12.1 Å². The lowest BCUT2D eigenvalue weighted by molar-refractivity contribution is -0.121. The number of hydrogen-bond donors (Lipinski definition) is 1. The highest BCUT2D eigenvalue weighted by Gasteiger charge is 2.33. The highest BCUT2D eigenvalue weighted by Crippen LogP contribution is 2.40. The Morgan fingerprint density at radius 3 is 2.38 bits per heavy atom. The number of halogens is 1. The van der Waals surface area contributed by atoms with Crippen molar-refractivity contribution in [2.75, 3.05) is 0 Å². The van der Waals surface area contributed by atoms with Gasteiger partial charge in [-0.05, 0) is 42.0 Å². The normalized spacial score (nSPS) is 15.5. The molecule has 0 heterocycles. The average Bonchev–Trinajstić information content (AvgIpc) is 3.33. The molecule has 1 aliphatic rings. The molecule has 0 bridgehead atoms. The number of carbonyl (C=O) groups excluding carboxylic acids is 1. The third-order valence-electron chi connectivity index (χ3n) is 3.85. The summed E-state index contributed by atoms with van der Waals surface area (Å²) in [5, 5.41) is 3.13. The Labute approximate surface area is 124 Å². The van der Waals surface area contributed by atoms with Gasteiger partial charge in [0, 0.05) is 0 Å². The minimum atomic E-state index is -0.278. The second-order valence-corrected chi connectivity index (χ2v) is 5.60. The molecule has 1 atom stereocenters. The number of nitrogens with one attached hydrogen (secondary N) is 1. The first-order chi connectivity index (χ1) is 10.2. The minimum Gasteiger partial charge on any atom is -0.349 e. The lowest BCUT2D eigenvalue weighted by Crippen LogP contribution is -2.31. The molecule has 1 N–H and O–H groups in total. The van der Waals surface area contributed by atoms with E-state index in [2.05, 4.69) is 17.4 Å². The van der Waals surface area contributed by atoms with Crippen LogP contribution < -0.4 is 5.32 Å². The van der Waals surface area contributed by atoms with E-state index in [1.807, 2.05) is 18.2 Å². The summed E-state index contributed by atoms with van der Waals surface area (Å²) < 4.78 is 12.9. The predicted molar refractivity (Wildman–Crippen MR) is 80.2 cm³/mol. The van der Waals surface area contributed by atoms with Crippen LogP contribution in [0.2, 0.25) is 0 Å². The number of carbonyl (C=O) groups is 1. The van der Waals surface area contributed by atoms with Gasteiger partial charge in [-0.3, -0.25) is 4.79 Å². The number of rotatable bonds is 5. The molecule has 2 aromatic rings. The van der Waals surface area contributed by atoms with Gasteiger partial charge in [0.05, 0.1) is 12.5 Å². The van der Waals surface area contributed by atoms with Gasteiger partial charge in [-0.25, -0.2) is 4.39 Å². The second-order valence-electron chi connectivity index (χ2n) is 5.60. The lowest BCUT2D eigenvalue weighted by atomic mass is 10.0. The Morgan fingerprint density at radius 2 is 1.76 bits per heavy atom. The van der Waals surface area contributed by atoms with Crippen molar-refractivity contribution < 1.29 is 9.18 Å². The molecule has 108 valence electrons. The highest BCUT2D eigenvalue weighted by atomic mass is 19.1. The van der Waals surface area contributed by atoms with Gasteiger partial charge in [-0.1, -0.05) is 42.5 Å². The summed E-state index contributed by atoms with van der Waals surface area (Å²) in [4.78, 5) is 12.2. The standard InChI is InChI=1S/C18H18FNO/c19-16-10-6-13(7-11-16)12-17(21)20-18(15-8-9-15)14-4-2-1-3-5-14/h1-7,10-11,15,18H,8-9,12H2,(H,20,21)/t18-/m0/s1. The van der Waals surface area contributed by atoms with Crippen molar-refractivity contribution in [1.29, 1.82) is 0 Å². The summed E-state index contributed by atoms with van der Waals surface area (Å²) in [5.41, 5.74) is 1.99. The fraction of sp³-hybridized carbons (Fsp3) is 0.278. The van der Waals surface area contributed by atoms with Crippen LogP contribution in [0.4, 0.5) is 4.39 Å². The van der Waals surface area contributed by atoms with Crippen LogP contribution in [0.25, 0.3) is 0 Å². The molecule has 3 heteroatoms. The maximum absolute atomic E-state index is 12.9. The van der Waals surface area contributed by atoms with Gasteiger partial charge in [-0.2, -0.15) is 0 Å². The van der Waals surface area contributed by atoms with Crippen molar-refractivity contribution in [3.63, 3.8) is 0 Å². The van der Waals surface area contributed by atoms with E-state index < -0.39 is 0 Å². The van der Waals surface area contributed by atoms with Crippen molar-refractivity contribution in [2.24, 2.45) is 5.92 Å². The first kappa shape index (κ1) is 13.8. The quantitative estimate of drug-likeness (QED) is 0.892. The molecule has 1 saturated carbocycles. The molecule has 0 saturated heterocycles. The van der Waals surface area contributed by atoms with Crippen molar-refractivity contribution in [3.8, 4) is 0 Å². The predicted octanol–water partition coefficient (Wildman–Crippen LogP) is 3.64. The molecule has 0 spiro atoms. The van der Waals surface area contributed by atoms with Crippen molar-refractivity contribution in [1.82, 2.24) is 5.32 Å². The van der Waals surface area contributed by atoms with Gasteiger partial charge < -0.3 is 5.32 Å². The van der Waals surface area contributed by atoms with Crippen LogP contribution in [0.3, 0.4) is 0 Å². The van der Waals surface area contributed by atoms with Crippen LogP contribution in [0.1, 0.15) is 30.0 Å². The Morgan fingerprint density at radius 1 is 1.10 bits per heavy atom. The smallest absolute Gasteiger partial charge is 0.224 e. The summed E-state index contributed by atoms with van der Waals surface area (Å²) in [5.74, 6) is 0.256. The molecular weight excluding hydrogens is 265 g/mol. The van der Waals surface area contributed by atoms with E-state index in [4.69, 9.17) is 0 Å². The number of hydrogen-bond acceptors (Lipinski definition) is 1. The minimum absolute atomic E-state index is 0.0117. The van der Waals surface area contributed by atoms with Gasteiger partial charge in [0.25, 0.3) is 0 Å². The largest absolute Gasteiger partial charge is 0.349 e. The molecule has 0 aromatic heterocycles. The third kappa shape index (κ3) is 3.69. The number of benzene rings is 2. The van der Waals surface area contributed by atoms with E-state index >= 15 is 0 Å². The first-order valence-corrected chi connectivity index (χ1v) is 7.31. The van der Waals surface area contributed by atoms with E-state index in [1.54, 1.807) is 12.1 Å². The summed E-state index contributed by atoms with van der Waals surface area (Å²) in [7, 11) is 0. The summed E-state index contributed by atoms with van der Waals surface area (Å²) in [6.45, 7) is 0. The SMILES string of the molecule is O=C(Cc1ccc(F)cc1)N[C@@H](c1ccccc1)C1CC1. The fourth-order valence-corrected chi connectivity index (χ4v) is 2.58. The molecule has 21 heavy (non-hydrogen) atoms. The van der Waals surface area contributed by atoms with E-state index in [0.717, 1.165) is 24.0 Å². The highest BCUT2D eigenvalue weighted by molar-refractivity contribution is 5.79. The van der Waals surface area contributed by atoms with Crippen LogP contribution >= 0.6 is 0 Å². The van der Waals surface area contributed by atoms with Crippen molar-refractivity contribution in [2.45, 2.75) is 25.3 Å². The molecule has 0 unspecified atom stereocenters. The van der Waals surface area contributed by atoms with Gasteiger partial charge in [0.15, 0.2) is 0 Å². The van der Waals surface area contributed by atoms with Gasteiger partial charge in [-0.15, -0.1) is 0 Å². The molecule has 1 amide bonds. The fourth-order valence-electron chi connectivity index (χ4n) is 2.58. The van der Waals surface area contributed by atoms with E-state index in [0.29, 0.717) is 5.92 Å². The first-order valence-electron chi connectivity index (χ1n) is 7.31. The topological polar surface area (TPSA) is 29.1 Å². The maximum atomic E-state index is 12.9. The van der Waals surface area contributed by atoms with Gasteiger partial charge in [0.2, 0.25) is 5.91 Å². The third-order valence-corrected chi connectivity index (χ3v) is 3.85. The van der Waals surface area contributed by atoms with E-state index in [9.17, 15) is 9.18 Å². The Balaban J connectivity index is 1.66. The monoisotopic (exact) mass is 283 g/mol. The molecule has 0 aliphatic heterocycles. The molecule has 1 fully saturated rings. The second kappa shape index (κ2) is 6.08. The van der Waals surface area contributed by atoms with Crippen molar-refractivity contribution in [3.05, 3.63) is 71.5 Å². The zero-order chi connectivity index (χ0) is 14.7. The van der Waals surface area contributed by atoms with Crippen LogP contribution in [0.5, 0.6) is 0 Å². The summed E-state index contributed by atoms with van der Waals surface area (Å²) >= 11 is 0. The molecule has 0 radical (unpaired) electrons. The van der Waals surface area contributed by atoms with E-state index in [-0.39, 0.29) is 24.2 Å². The van der Waals surface area contributed by atoms with Crippen LogP contribution in [0.15, 0.2) is 54.6 Å². The zero-order valence-corrected chi connectivity index (χ0v) is 11.8. The summed E-state index contributed by atoms with van der Waals surface area (Å²) in [6.07, 6.45) is 2.61.